The molecule has 1 rings (SSSR count). The molecule has 1 aromatic rings. The summed E-state index contributed by atoms with van der Waals surface area (Å²) >= 11 is 0. The normalized spacial score (nSPS) is 14.0. The molecule has 0 bridgehead atoms. The van der Waals surface area contributed by atoms with Gasteiger partial charge in [-0.3, -0.25) is 4.68 Å². The highest BCUT2D eigenvalue weighted by atomic mass is 16.3. The number of nitrogens with zero attached hydrogens (tertiary/aromatic N) is 2. The summed E-state index contributed by atoms with van der Waals surface area (Å²) in [5.41, 5.74) is 0.585. The van der Waals surface area contributed by atoms with Crippen LogP contribution in [0.5, 0.6) is 0 Å². The molecule has 1 unspecified atom stereocenters. The molecule has 1 atom stereocenters. The zero-order chi connectivity index (χ0) is 13.6. The van der Waals surface area contributed by atoms with Crippen LogP contribution in [0.2, 0.25) is 0 Å². The molecule has 0 radical (unpaired) electrons. The van der Waals surface area contributed by atoms with E-state index in [0.29, 0.717) is 13.0 Å². The first-order valence-corrected chi connectivity index (χ1v) is 6.13. The molecule has 0 fully saturated rings. The van der Waals surface area contributed by atoms with Crippen molar-refractivity contribution in [2.45, 2.75) is 38.8 Å². The van der Waals surface area contributed by atoms with Gasteiger partial charge in [0.1, 0.15) is 0 Å². The smallest absolute Gasteiger partial charge is 0.315 e. The fraction of sp³-hybridized carbons (Fsp3) is 0.667. The summed E-state index contributed by atoms with van der Waals surface area (Å²) in [6, 6.07) is -0.225. The van der Waals surface area contributed by atoms with Gasteiger partial charge < -0.3 is 15.7 Å². The lowest BCUT2D eigenvalue weighted by Crippen LogP contribution is -2.50. The van der Waals surface area contributed by atoms with E-state index >= 15 is 0 Å². The van der Waals surface area contributed by atoms with Crippen LogP contribution < -0.4 is 10.6 Å². The Balaban J connectivity index is 2.41. The molecule has 18 heavy (non-hydrogen) atoms. The van der Waals surface area contributed by atoms with Gasteiger partial charge in [-0.15, -0.1) is 0 Å². The Kier molecular flexibility index (Phi) is 5.15. The van der Waals surface area contributed by atoms with Gasteiger partial charge in [0.2, 0.25) is 0 Å². The average molecular weight is 254 g/mol. The number of aliphatic hydroxyl groups excluding tert-OH is 1. The predicted octanol–water partition coefficient (Wildman–Crippen LogP) is 0.770. The lowest BCUT2D eigenvalue weighted by Gasteiger charge is -2.28. The third-order valence-corrected chi connectivity index (χ3v) is 3.07. The van der Waals surface area contributed by atoms with Crippen molar-refractivity contribution in [2.24, 2.45) is 7.05 Å². The molecule has 0 saturated carbocycles. The summed E-state index contributed by atoms with van der Waals surface area (Å²) in [6.45, 7) is 4.41. The monoisotopic (exact) mass is 254 g/mol. The molecule has 3 N–H and O–H groups in total. The number of urea groups is 1. The molecule has 6 heteroatoms. The lowest BCUT2D eigenvalue weighted by atomic mass is 9.95. The first-order chi connectivity index (χ1) is 8.49. The van der Waals surface area contributed by atoms with Crippen LogP contribution in [-0.4, -0.2) is 33.1 Å². The number of nitrogens with one attached hydrogen (secondary N) is 2. The van der Waals surface area contributed by atoms with Crippen molar-refractivity contribution < 1.29 is 9.90 Å². The van der Waals surface area contributed by atoms with E-state index in [9.17, 15) is 4.79 Å². The van der Waals surface area contributed by atoms with E-state index in [1.165, 1.54) is 0 Å². The minimum atomic E-state index is -0.367. The van der Waals surface area contributed by atoms with Gasteiger partial charge in [0.15, 0.2) is 0 Å². The first-order valence-electron chi connectivity index (χ1n) is 6.13. The highest BCUT2D eigenvalue weighted by molar-refractivity contribution is 5.74. The maximum atomic E-state index is 11.7. The van der Waals surface area contributed by atoms with Crippen LogP contribution in [-0.2, 0) is 13.6 Å². The Morgan fingerprint density at radius 1 is 1.61 bits per heavy atom. The van der Waals surface area contributed by atoms with Crippen LogP contribution in [0.4, 0.5) is 4.79 Å². The summed E-state index contributed by atoms with van der Waals surface area (Å²) in [5.74, 6) is 0. The van der Waals surface area contributed by atoms with Crippen LogP contribution in [0.15, 0.2) is 12.4 Å². The number of aliphatic hydroxyl groups is 1. The molecule has 1 heterocycles. The molecule has 1 aromatic heterocycles. The van der Waals surface area contributed by atoms with E-state index in [1.807, 2.05) is 27.1 Å². The molecule has 0 aliphatic heterocycles. The lowest BCUT2D eigenvalue weighted by molar-refractivity contribution is 0.200. The highest BCUT2D eigenvalue weighted by Crippen LogP contribution is 2.13. The molecule has 6 nitrogen and oxygen atoms in total. The molecule has 0 saturated heterocycles. The SMILES string of the molecule is CCC(C)(CCO)NC(=O)NCc1cnn(C)c1. The largest absolute Gasteiger partial charge is 0.396 e. The van der Waals surface area contributed by atoms with Gasteiger partial charge in [-0.2, -0.15) is 5.10 Å². The molecule has 102 valence electrons. The summed E-state index contributed by atoms with van der Waals surface area (Å²) in [7, 11) is 1.83. The maximum Gasteiger partial charge on any atom is 0.315 e. The fourth-order valence-corrected chi connectivity index (χ4v) is 1.64. The highest BCUT2D eigenvalue weighted by Gasteiger charge is 2.23. The molecule has 0 aliphatic carbocycles. The molecule has 0 aromatic carbocycles. The van der Waals surface area contributed by atoms with Crippen LogP contribution >= 0.6 is 0 Å². The summed E-state index contributed by atoms with van der Waals surface area (Å²) < 4.78 is 1.69. The summed E-state index contributed by atoms with van der Waals surface area (Å²) in [4.78, 5) is 11.7. The number of aryl methyl sites for hydroxylation is 1. The quantitative estimate of drug-likeness (QED) is 0.701. The second kappa shape index (κ2) is 6.39. The van der Waals surface area contributed by atoms with Crippen LogP contribution in [0.1, 0.15) is 32.3 Å². The third kappa shape index (κ3) is 4.37. The van der Waals surface area contributed by atoms with E-state index in [-0.39, 0.29) is 18.2 Å². The van der Waals surface area contributed by atoms with E-state index in [4.69, 9.17) is 5.11 Å². The number of rotatable bonds is 6. The van der Waals surface area contributed by atoms with Crippen molar-refractivity contribution in [3.8, 4) is 0 Å². The van der Waals surface area contributed by atoms with Crippen molar-refractivity contribution >= 4 is 6.03 Å². The Bertz CT molecular complexity index is 391. The number of hydrogen-bond acceptors (Lipinski definition) is 3. The van der Waals surface area contributed by atoms with Gasteiger partial charge in [0, 0.05) is 37.5 Å². The Labute approximate surface area is 107 Å². The molecule has 2 amide bonds. The molecule has 0 aliphatic rings. The third-order valence-electron chi connectivity index (χ3n) is 3.07. The minimum Gasteiger partial charge on any atom is -0.396 e. The van der Waals surface area contributed by atoms with Gasteiger partial charge in [-0.1, -0.05) is 6.92 Å². The number of carbonyl (C=O) groups is 1. The number of hydrogen-bond donors (Lipinski definition) is 3. The van der Waals surface area contributed by atoms with Crippen molar-refractivity contribution in [1.29, 1.82) is 0 Å². The van der Waals surface area contributed by atoms with Gasteiger partial charge in [-0.05, 0) is 19.8 Å². The van der Waals surface area contributed by atoms with Crippen LogP contribution in [0.3, 0.4) is 0 Å². The Morgan fingerprint density at radius 2 is 2.33 bits per heavy atom. The zero-order valence-electron chi connectivity index (χ0n) is 11.2. The Hall–Kier alpha value is -1.56. The van der Waals surface area contributed by atoms with Gasteiger partial charge in [-0.25, -0.2) is 4.79 Å². The van der Waals surface area contributed by atoms with Crippen molar-refractivity contribution in [1.82, 2.24) is 20.4 Å². The standard InChI is InChI=1S/C12H22N4O2/c1-4-12(2,5-6-17)15-11(18)13-7-10-8-14-16(3)9-10/h8-9,17H,4-7H2,1-3H3,(H2,13,15,18). The van der Waals surface area contributed by atoms with Crippen molar-refractivity contribution in [2.75, 3.05) is 6.61 Å². The molecular weight excluding hydrogens is 232 g/mol. The predicted molar refractivity (Wildman–Crippen MR) is 69.0 cm³/mol. The number of amides is 2. The van der Waals surface area contributed by atoms with Crippen molar-refractivity contribution in [3.05, 3.63) is 18.0 Å². The number of aromatic nitrogens is 2. The second-order valence-electron chi connectivity index (χ2n) is 4.72. The van der Waals surface area contributed by atoms with E-state index in [0.717, 1.165) is 12.0 Å². The topological polar surface area (TPSA) is 79.2 Å². The van der Waals surface area contributed by atoms with Crippen LogP contribution in [0.25, 0.3) is 0 Å². The fourth-order valence-electron chi connectivity index (χ4n) is 1.64. The average Bonchev–Trinajstić information content (AvgIpc) is 2.73. The van der Waals surface area contributed by atoms with E-state index in [1.54, 1.807) is 10.9 Å². The summed E-state index contributed by atoms with van der Waals surface area (Å²) in [5, 5.41) is 18.7. The first kappa shape index (κ1) is 14.5. The Morgan fingerprint density at radius 3 is 2.83 bits per heavy atom. The van der Waals surface area contributed by atoms with E-state index in [2.05, 4.69) is 15.7 Å². The van der Waals surface area contributed by atoms with Crippen LogP contribution in [0, 0.1) is 0 Å². The maximum absolute atomic E-state index is 11.7. The van der Waals surface area contributed by atoms with Gasteiger partial charge in [0.25, 0.3) is 0 Å². The van der Waals surface area contributed by atoms with Gasteiger partial charge >= 0.3 is 6.03 Å². The second-order valence-corrected chi connectivity index (χ2v) is 4.72. The van der Waals surface area contributed by atoms with E-state index < -0.39 is 0 Å². The molecular formula is C12H22N4O2. The minimum absolute atomic E-state index is 0.0627. The molecule has 0 spiro atoms. The zero-order valence-corrected chi connectivity index (χ0v) is 11.2. The summed E-state index contributed by atoms with van der Waals surface area (Å²) in [6.07, 6.45) is 4.89. The van der Waals surface area contributed by atoms with Crippen molar-refractivity contribution in [3.63, 3.8) is 0 Å². The van der Waals surface area contributed by atoms with Gasteiger partial charge in [0.05, 0.1) is 6.20 Å². The number of carbonyl (C=O) groups excluding carboxylic acids is 1.